The maximum Gasteiger partial charge on any atom is 0.271 e. The molecule has 0 bridgehead atoms. The number of carbonyl (C=O) groups excluding carboxylic acids is 1. The van der Waals surface area contributed by atoms with Gasteiger partial charge in [-0.15, -0.1) is 0 Å². The van der Waals surface area contributed by atoms with Gasteiger partial charge >= 0.3 is 0 Å². The molecule has 0 fully saturated rings. The third kappa shape index (κ3) is 2.64. The van der Waals surface area contributed by atoms with E-state index >= 15 is 0 Å². The summed E-state index contributed by atoms with van der Waals surface area (Å²) < 4.78 is 6.45. The number of rotatable bonds is 3. The fraction of sp³-hybridized carbons (Fsp3) is 0.0909. The van der Waals surface area contributed by atoms with Gasteiger partial charge in [-0.25, -0.2) is 5.84 Å². The Hall–Kier alpha value is -1.41. The van der Waals surface area contributed by atoms with Crippen LogP contribution < -0.4 is 16.0 Å². The molecule has 1 heterocycles. The number of carbonyl (C=O) groups is 1. The first-order valence-corrected chi connectivity index (χ1v) is 5.95. The van der Waals surface area contributed by atoms with Crippen LogP contribution in [0.4, 0.5) is 0 Å². The summed E-state index contributed by atoms with van der Waals surface area (Å²) in [5.74, 6) is 5.17. The fourth-order valence-electron chi connectivity index (χ4n) is 1.41. The summed E-state index contributed by atoms with van der Waals surface area (Å²) in [6.07, 6.45) is 1.69. The summed E-state index contributed by atoms with van der Waals surface area (Å²) in [7, 11) is 0. The minimum atomic E-state index is -0.382. The Bertz CT molecular complexity index is 559. The number of hydrazine groups is 1. The van der Waals surface area contributed by atoms with Crippen LogP contribution in [0.15, 0.2) is 30.5 Å². The van der Waals surface area contributed by atoms with Crippen molar-refractivity contribution < 1.29 is 9.53 Å². The van der Waals surface area contributed by atoms with Gasteiger partial charge in [0.1, 0.15) is 11.3 Å². The number of nitrogens with zero attached hydrogens (tertiary/aromatic N) is 1. The molecule has 5 nitrogen and oxygen atoms in total. The monoisotopic (exact) mass is 343 g/mol. The second-order valence-electron chi connectivity index (χ2n) is 3.30. The highest BCUT2D eigenvalue weighted by Crippen LogP contribution is 2.27. The van der Waals surface area contributed by atoms with Crippen molar-refractivity contribution in [3.63, 3.8) is 0 Å². The SMILES string of the molecule is NNC(=O)COc1ccc(I)c2cccnc12. The number of benzene rings is 1. The normalized spacial score (nSPS) is 10.2. The highest BCUT2D eigenvalue weighted by Gasteiger charge is 2.07. The van der Waals surface area contributed by atoms with Crippen molar-refractivity contribution >= 4 is 39.4 Å². The first-order valence-electron chi connectivity index (χ1n) is 4.88. The Morgan fingerprint density at radius 3 is 3.06 bits per heavy atom. The first-order chi connectivity index (χ1) is 8.22. The number of halogens is 1. The van der Waals surface area contributed by atoms with Gasteiger partial charge in [0.25, 0.3) is 5.91 Å². The molecule has 0 saturated carbocycles. The second kappa shape index (κ2) is 5.28. The van der Waals surface area contributed by atoms with Gasteiger partial charge in [-0.2, -0.15) is 0 Å². The lowest BCUT2D eigenvalue weighted by Gasteiger charge is -2.08. The molecule has 0 radical (unpaired) electrons. The Kier molecular flexibility index (Phi) is 3.75. The van der Waals surface area contributed by atoms with Gasteiger partial charge in [-0.1, -0.05) is 6.07 Å². The molecule has 2 aromatic rings. The zero-order valence-corrected chi connectivity index (χ0v) is 11.0. The van der Waals surface area contributed by atoms with Gasteiger partial charge in [-0.3, -0.25) is 15.2 Å². The Morgan fingerprint density at radius 1 is 1.47 bits per heavy atom. The van der Waals surface area contributed by atoms with E-state index in [9.17, 15) is 4.79 Å². The van der Waals surface area contributed by atoms with Gasteiger partial charge in [0.15, 0.2) is 6.61 Å². The Labute approximate surface area is 111 Å². The molecule has 2 rings (SSSR count). The second-order valence-corrected chi connectivity index (χ2v) is 4.46. The lowest BCUT2D eigenvalue weighted by molar-refractivity contribution is -0.123. The van der Waals surface area contributed by atoms with Crippen molar-refractivity contribution in [3.8, 4) is 5.75 Å². The molecule has 88 valence electrons. The van der Waals surface area contributed by atoms with Crippen LogP contribution in [0.2, 0.25) is 0 Å². The maximum atomic E-state index is 11.0. The molecular formula is C11H10IN3O2. The van der Waals surface area contributed by atoms with Crippen LogP contribution in [-0.4, -0.2) is 17.5 Å². The molecule has 0 spiro atoms. The summed E-state index contributed by atoms with van der Waals surface area (Å²) >= 11 is 2.23. The molecule has 1 aromatic heterocycles. The minimum absolute atomic E-state index is 0.122. The van der Waals surface area contributed by atoms with E-state index in [-0.39, 0.29) is 12.5 Å². The largest absolute Gasteiger partial charge is 0.481 e. The number of fused-ring (bicyclic) bond motifs is 1. The van der Waals surface area contributed by atoms with Crippen molar-refractivity contribution in [1.29, 1.82) is 0 Å². The molecule has 17 heavy (non-hydrogen) atoms. The highest BCUT2D eigenvalue weighted by atomic mass is 127. The Balaban J connectivity index is 2.35. The maximum absolute atomic E-state index is 11.0. The highest BCUT2D eigenvalue weighted by molar-refractivity contribution is 14.1. The molecular weight excluding hydrogens is 333 g/mol. The lowest BCUT2D eigenvalue weighted by Crippen LogP contribution is -2.34. The first kappa shape index (κ1) is 12.1. The average Bonchev–Trinajstić information content (AvgIpc) is 2.38. The van der Waals surface area contributed by atoms with Crippen LogP contribution in [0.25, 0.3) is 10.9 Å². The molecule has 1 amide bonds. The van der Waals surface area contributed by atoms with Crippen LogP contribution in [0.3, 0.4) is 0 Å². The number of pyridine rings is 1. The van der Waals surface area contributed by atoms with Crippen LogP contribution in [0.1, 0.15) is 0 Å². The number of nitrogens with two attached hydrogens (primary N) is 1. The zero-order chi connectivity index (χ0) is 12.3. The summed E-state index contributed by atoms with van der Waals surface area (Å²) in [6.45, 7) is -0.122. The van der Waals surface area contributed by atoms with E-state index in [1.807, 2.05) is 23.6 Å². The molecule has 0 unspecified atom stereocenters. The van der Waals surface area contributed by atoms with E-state index in [4.69, 9.17) is 10.6 Å². The third-order valence-electron chi connectivity index (χ3n) is 2.20. The predicted molar refractivity (Wildman–Crippen MR) is 72.3 cm³/mol. The van der Waals surface area contributed by atoms with Crippen LogP contribution >= 0.6 is 22.6 Å². The predicted octanol–water partition coefficient (Wildman–Crippen LogP) is 1.21. The van der Waals surface area contributed by atoms with E-state index in [0.29, 0.717) is 5.75 Å². The number of ether oxygens (including phenoxy) is 1. The van der Waals surface area contributed by atoms with E-state index in [2.05, 4.69) is 27.6 Å². The third-order valence-corrected chi connectivity index (χ3v) is 3.14. The van der Waals surface area contributed by atoms with Gasteiger partial charge in [-0.05, 0) is 40.8 Å². The molecule has 0 atom stereocenters. The van der Waals surface area contributed by atoms with E-state index in [0.717, 1.165) is 14.5 Å². The summed E-state index contributed by atoms with van der Waals surface area (Å²) in [6, 6.07) is 7.53. The van der Waals surface area contributed by atoms with Gasteiger partial charge in [0, 0.05) is 15.2 Å². The van der Waals surface area contributed by atoms with Crippen LogP contribution in [0.5, 0.6) is 5.75 Å². The molecule has 3 N–H and O–H groups in total. The standard InChI is InChI=1S/C11H10IN3O2/c12-8-3-4-9(17-6-10(16)15-13)11-7(8)2-1-5-14-11/h1-5H,6,13H2,(H,15,16). The van der Waals surface area contributed by atoms with Crippen molar-refractivity contribution in [2.75, 3.05) is 6.61 Å². The molecule has 0 saturated heterocycles. The molecule has 0 aliphatic rings. The Morgan fingerprint density at radius 2 is 2.29 bits per heavy atom. The molecule has 6 heteroatoms. The quantitative estimate of drug-likeness (QED) is 0.380. The fourth-order valence-corrected chi connectivity index (χ4v) is 2.03. The van der Waals surface area contributed by atoms with Crippen LogP contribution in [0, 0.1) is 3.57 Å². The summed E-state index contributed by atoms with van der Waals surface area (Å²) in [4.78, 5) is 15.3. The topological polar surface area (TPSA) is 77.2 Å². The number of hydrogen-bond donors (Lipinski definition) is 2. The van der Waals surface area contributed by atoms with Crippen molar-refractivity contribution in [2.45, 2.75) is 0 Å². The van der Waals surface area contributed by atoms with Crippen LogP contribution in [-0.2, 0) is 4.79 Å². The van der Waals surface area contributed by atoms with Gasteiger partial charge in [0.2, 0.25) is 0 Å². The smallest absolute Gasteiger partial charge is 0.271 e. The molecule has 1 aromatic carbocycles. The van der Waals surface area contributed by atoms with Crippen molar-refractivity contribution in [1.82, 2.24) is 10.4 Å². The number of nitrogens with one attached hydrogen (secondary N) is 1. The zero-order valence-electron chi connectivity index (χ0n) is 8.81. The summed E-state index contributed by atoms with van der Waals surface area (Å²) in [5, 5.41) is 0.999. The van der Waals surface area contributed by atoms with Crippen molar-refractivity contribution in [3.05, 3.63) is 34.0 Å². The van der Waals surface area contributed by atoms with Crippen molar-refractivity contribution in [2.24, 2.45) is 5.84 Å². The number of amides is 1. The molecule has 0 aliphatic heterocycles. The summed E-state index contributed by atoms with van der Waals surface area (Å²) in [5.41, 5.74) is 2.75. The molecule has 0 aliphatic carbocycles. The van der Waals surface area contributed by atoms with E-state index in [1.54, 1.807) is 12.3 Å². The van der Waals surface area contributed by atoms with Gasteiger partial charge in [0.05, 0.1) is 0 Å². The average molecular weight is 343 g/mol. The van der Waals surface area contributed by atoms with Gasteiger partial charge < -0.3 is 4.74 Å². The van der Waals surface area contributed by atoms with E-state index in [1.165, 1.54) is 0 Å². The number of aromatic nitrogens is 1. The number of hydrogen-bond acceptors (Lipinski definition) is 4. The van der Waals surface area contributed by atoms with E-state index < -0.39 is 0 Å². The lowest BCUT2D eigenvalue weighted by atomic mass is 10.2. The minimum Gasteiger partial charge on any atom is -0.481 e.